The second-order valence-electron chi connectivity index (χ2n) is 8.04. The first kappa shape index (κ1) is 18.1. The molecule has 0 bridgehead atoms. The van der Waals surface area contributed by atoms with Crippen LogP contribution in [-0.4, -0.2) is 28.5 Å². The highest BCUT2D eigenvalue weighted by Crippen LogP contribution is 2.39. The number of ether oxygens (including phenoxy) is 1. The van der Waals surface area contributed by atoms with Crippen LogP contribution in [0.2, 0.25) is 0 Å². The summed E-state index contributed by atoms with van der Waals surface area (Å²) in [5, 5.41) is 0. The number of rotatable bonds is 6. The lowest BCUT2D eigenvalue weighted by Gasteiger charge is -2.41. The van der Waals surface area contributed by atoms with Crippen molar-refractivity contribution in [1.29, 1.82) is 0 Å². The van der Waals surface area contributed by atoms with E-state index in [1.165, 1.54) is 17.5 Å². The first-order chi connectivity index (χ1) is 14.2. The number of nitrogens with zero attached hydrogens (tertiary/aromatic N) is 2. The molecular weight excluding hydrogens is 362 g/mol. The Balaban J connectivity index is 1.30. The van der Waals surface area contributed by atoms with Gasteiger partial charge in [-0.2, -0.15) is 0 Å². The fourth-order valence-corrected chi connectivity index (χ4v) is 4.06. The normalized spacial score (nSPS) is 19.0. The number of benzene rings is 2. The standard InChI is InChI=1S/C24H25N3O2/c1-29-20-4-2-3-19(13-20)22-11-12-27(22)15-16-5-7-18(8-6-16)24-25-21(17-9-10-17)14-23(28)26-24/h2-8,13-14,17,22H,9-12,15H2,1H3,(H,25,26,28). The average molecular weight is 387 g/mol. The van der Waals surface area contributed by atoms with Crippen molar-refractivity contribution in [3.05, 3.63) is 81.8 Å². The van der Waals surface area contributed by atoms with E-state index in [9.17, 15) is 4.79 Å². The molecule has 0 radical (unpaired) electrons. The zero-order chi connectivity index (χ0) is 19.8. The summed E-state index contributed by atoms with van der Waals surface area (Å²) in [6.45, 7) is 2.01. The monoisotopic (exact) mass is 387 g/mol. The Hall–Kier alpha value is -2.92. The van der Waals surface area contributed by atoms with Gasteiger partial charge in [0.15, 0.2) is 0 Å². The van der Waals surface area contributed by atoms with Crippen LogP contribution in [0.1, 0.15) is 48.0 Å². The molecule has 2 fully saturated rings. The lowest BCUT2D eigenvalue weighted by Crippen LogP contribution is -2.40. The predicted molar refractivity (Wildman–Crippen MR) is 113 cm³/mol. The van der Waals surface area contributed by atoms with Crippen molar-refractivity contribution in [2.24, 2.45) is 0 Å². The zero-order valence-corrected chi connectivity index (χ0v) is 16.6. The van der Waals surface area contributed by atoms with Crippen LogP contribution in [0.25, 0.3) is 11.4 Å². The maximum absolute atomic E-state index is 12.0. The van der Waals surface area contributed by atoms with Crippen molar-refractivity contribution in [2.45, 2.75) is 37.8 Å². The lowest BCUT2D eigenvalue weighted by molar-refractivity contribution is 0.0817. The molecule has 1 N–H and O–H groups in total. The number of methoxy groups -OCH3 is 1. The molecule has 1 aliphatic heterocycles. The van der Waals surface area contributed by atoms with E-state index < -0.39 is 0 Å². The fourth-order valence-electron chi connectivity index (χ4n) is 4.06. The van der Waals surface area contributed by atoms with E-state index in [2.05, 4.69) is 57.3 Å². The largest absolute Gasteiger partial charge is 0.497 e. The molecule has 0 amide bonds. The molecule has 1 aliphatic carbocycles. The second-order valence-corrected chi connectivity index (χ2v) is 8.04. The lowest BCUT2D eigenvalue weighted by atomic mass is 9.93. The summed E-state index contributed by atoms with van der Waals surface area (Å²) in [7, 11) is 1.71. The molecule has 29 heavy (non-hydrogen) atoms. The molecule has 5 heteroatoms. The Morgan fingerprint density at radius 3 is 2.62 bits per heavy atom. The van der Waals surface area contributed by atoms with Gasteiger partial charge in [0, 0.05) is 36.7 Å². The summed E-state index contributed by atoms with van der Waals surface area (Å²) in [6, 6.07) is 18.8. The van der Waals surface area contributed by atoms with E-state index in [1.807, 2.05) is 6.07 Å². The van der Waals surface area contributed by atoms with Gasteiger partial charge in [-0.3, -0.25) is 9.69 Å². The van der Waals surface area contributed by atoms with Gasteiger partial charge in [0.05, 0.1) is 12.8 Å². The highest BCUT2D eigenvalue weighted by Gasteiger charge is 2.29. The van der Waals surface area contributed by atoms with Gasteiger partial charge in [-0.05, 0) is 42.5 Å². The quantitative estimate of drug-likeness (QED) is 0.686. The summed E-state index contributed by atoms with van der Waals surface area (Å²) in [5.74, 6) is 2.05. The number of hydrogen-bond acceptors (Lipinski definition) is 4. The summed E-state index contributed by atoms with van der Waals surface area (Å²) >= 11 is 0. The second kappa shape index (κ2) is 7.48. The molecule has 148 valence electrons. The number of hydrogen-bond donors (Lipinski definition) is 1. The summed E-state index contributed by atoms with van der Waals surface area (Å²) in [6.07, 6.45) is 3.45. The number of aromatic nitrogens is 2. The summed E-state index contributed by atoms with van der Waals surface area (Å²) in [4.78, 5) is 22.0. The molecule has 1 unspecified atom stereocenters. The molecule has 1 saturated carbocycles. The van der Waals surface area contributed by atoms with Crippen molar-refractivity contribution < 1.29 is 4.74 Å². The SMILES string of the molecule is COc1cccc(C2CCN2Cc2ccc(-c3nc(C4CC4)cc(=O)[nH]3)cc2)c1. The van der Waals surface area contributed by atoms with Gasteiger partial charge >= 0.3 is 0 Å². The molecule has 1 saturated heterocycles. The number of aromatic amines is 1. The van der Waals surface area contributed by atoms with Crippen LogP contribution in [-0.2, 0) is 6.54 Å². The zero-order valence-electron chi connectivity index (χ0n) is 16.6. The van der Waals surface area contributed by atoms with E-state index in [-0.39, 0.29) is 5.56 Å². The maximum atomic E-state index is 12.0. The summed E-state index contributed by atoms with van der Waals surface area (Å²) in [5.41, 5.74) is 4.39. The summed E-state index contributed by atoms with van der Waals surface area (Å²) < 4.78 is 5.37. The minimum Gasteiger partial charge on any atom is -0.497 e. The van der Waals surface area contributed by atoms with Gasteiger partial charge in [0.2, 0.25) is 0 Å². The van der Waals surface area contributed by atoms with Crippen molar-refractivity contribution in [2.75, 3.05) is 13.7 Å². The smallest absolute Gasteiger partial charge is 0.251 e. The van der Waals surface area contributed by atoms with Gasteiger partial charge in [-0.1, -0.05) is 36.4 Å². The van der Waals surface area contributed by atoms with Crippen molar-refractivity contribution in [1.82, 2.24) is 14.9 Å². The van der Waals surface area contributed by atoms with Crippen LogP contribution < -0.4 is 10.3 Å². The maximum Gasteiger partial charge on any atom is 0.251 e. The van der Waals surface area contributed by atoms with Crippen LogP contribution in [0.5, 0.6) is 5.75 Å². The van der Waals surface area contributed by atoms with Crippen LogP contribution >= 0.6 is 0 Å². The average Bonchev–Trinajstić information content (AvgIpc) is 3.57. The Labute approximate surface area is 170 Å². The topological polar surface area (TPSA) is 58.2 Å². The Morgan fingerprint density at radius 2 is 1.93 bits per heavy atom. The molecule has 2 aliphatic rings. The minimum atomic E-state index is -0.0670. The van der Waals surface area contributed by atoms with Crippen LogP contribution in [0.15, 0.2) is 59.4 Å². The third-order valence-electron chi connectivity index (χ3n) is 5.98. The predicted octanol–water partition coefficient (Wildman–Crippen LogP) is 4.27. The van der Waals surface area contributed by atoms with E-state index in [4.69, 9.17) is 4.74 Å². The van der Waals surface area contributed by atoms with Crippen molar-refractivity contribution in [3.63, 3.8) is 0 Å². The molecular formula is C24H25N3O2. The minimum absolute atomic E-state index is 0.0670. The Bertz CT molecular complexity index is 1070. The number of H-pyrrole nitrogens is 1. The molecule has 2 aromatic carbocycles. The van der Waals surface area contributed by atoms with E-state index in [0.29, 0.717) is 17.8 Å². The van der Waals surface area contributed by atoms with E-state index in [1.54, 1.807) is 13.2 Å². The highest BCUT2D eigenvalue weighted by atomic mass is 16.5. The molecule has 1 atom stereocenters. The van der Waals surface area contributed by atoms with Gasteiger partial charge < -0.3 is 9.72 Å². The van der Waals surface area contributed by atoms with Gasteiger partial charge in [0.25, 0.3) is 5.56 Å². The Morgan fingerprint density at radius 1 is 1.10 bits per heavy atom. The van der Waals surface area contributed by atoms with Crippen LogP contribution in [0.3, 0.4) is 0 Å². The van der Waals surface area contributed by atoms with E-state index >= 15 is 0 Å². The van der Waals surface area contributed by atoms with Crippen LogP contribution in [0.4, 0.5) is 0 Å². The van der Waals surface area contributed by atoms with Crippen LogP contribution in [0, 0.1) is 0 Å². The Kier molecular flexibility index (Phi) is 4.68. The van der Waals surface area contributed by atoms with E-state index in [0.717, 1.165) is 42.9 Å². The first-order valence-electron chi connectivity index (χ1n) is 10.3. The molecule has 5 rings (SSSR count). The molecule has 1 aromatic heterocycles. The molecule has 2 heterocycles. The highest BCUT2D eigenvalue weighted by molar-refractivity contribution is 5.55. The third-order valence-corrected chi connectivity index (χ3v) is 5.98. The van der Waals surface area contributed by atoms with Gasteiger partial charge in [0.1, 0.15) is 11.6 Å². The molecule has 0 spiro atoms. The number of nitrogens with one attached hydrogen (secondary N) is 1. The van der Waals surface area contributed by atoms with Crippen molar-refractivity contribution in [3.8, 4) is 17.1 Å². The molecule has 5 nitrogen and oxygen atoms in total. The fraction of sp³-hybridized carbons (Fsp3) is 0.333. The van der Waals surface area contributed by atoms with Crippen molar-refractivity contribution >= 4 is 0 Å². The number of likely N-dealkylation sites (tertiary alicyclic amines) is 1. The van der Waals surface area contributed by atoms with Gasteiger partial charge in [-0.15, -0.1) is 0 Å². The third kappa shape index (κ3) is 3.83. The molecule has 3 aromatic rings. The van der Waals surface area contributed by atoms with Gasteiger partial charge in [-0.25, -0.2) is 4.98 Å². The first-order valence-corrected chi connectivity index (χ1v) is 10.3.